The highest BCUT2D eigenvalue weighted by Crippen LogP contribution is 2.26. The van der Waals surface area contributed by atoms with Crippen molar-refractivity contribution in [1.82, 2.24) is 0 Å². The fraction of sp³-hybridized carbons (Fsp3) is 0.0667. The zero-order valence-electron chi connectivity index (χ0n) is 10.2. The molecular weight excluding hydrogens is 276 g/mol. The monoisotopic (exact) mass is 286 g/mol. The maximum Gasteiger partial charge on any atom is 0.337 e. The smallest absolute Gasteiger partial charge is 0.337 e. The maximum atomic E-state index is 12.4. The molecule has 100 valence electrons. The van der Waals surface area contributed by atoms with Crippen LogP contribution >= 0.6 is 11.3 Å². The van der Waals surface area contributed by atoms with Crippen molar-refractivity contribution < 1.29 is 15.0 Å². The standard InChI is InChI=1S/C15H10O4S/c16-13(15(18)19)8-5-6-12-10(7-8)14(17)9-3-1-2-4-11(9)20-12/h1-7,13,16H,(H,18,19). The lowest BCUT2D eigenvalue weighted by Crippen LogP contribution is -2.11. The van der Waals surface area contributed by atoms with Gasteiger partial charge in [0.15, 0.2) is 11.5 Å². The normalized spacial score (nSPS) is 12.7. The second kappa shape index (κ2) is 4.70. The summed E-state index contributed by atoms with van der Waals surface area (Å²) in [4.78, 5) is 23.2. The Morgan fingerprint density at radius 3 is 2.50 bits per heavy atom. The summed E-state index contributed by atoms with van der Waals surface area (Å²) in [6.45, 7) is 0. The van der Waals surface area contributed by atoms with Gasteiger partial charge >= 0.3 is 5.97 Å². The molecule has 0 radical (unpaired) electrons. The van der Waals surface area contributed by atoms with E-state index in [4.69, 9.17) is 5.11 Å². The van der Waals surface area contributed by atoms with Gasteiger partial charge in [0.2, 0.25) is 0 Å². The van der Waals surface area contributed by atoms with E-state index in [1.165, 1.54) is 23.5 Å². The van der Waals surface area contributed by atoms with Crippen LogP contribution in [0.1, 0.15) is 11.7 Å². The van der Waals surface area contributed by atoms with Gasteiger partial charge in [0, 0.05) is 20.2 Å². The van der Waals surface area contributed by atoms with Crippen molar-refractivity contribution in [1.29, 1.82) is 0 Å². The van der Waals surface area contributed by atoms with Crippen LogP contribution in [0.15, 0.2) is 47.3 Å². The van der Waals surface area contributed by atoms with Gasteiger partial charge < -0.3 is 10.2 Å². The number of hydrogen-bond acceptors (Lipinski definition) is 4. The van der Waals surface area contributed by atoms with Crippen molar-refractivity contribution in [2.24, 2.45) is 0 Å². The Morgan fingerprint density at radius 2 is 1.75 bits per heavy atom. The summed E-state index contributed by atoms with van der Waals surface area (Å²) in [5.74, 6) is -1.33. The van der Waals surface area contributed by atoms with E-state index in [1.807, 2.05) is 12.1 Å². The predicted molar refractivity (Wildman–Crippen MR) is 78.2 cm³/mol. The summed E-state index contributed by atoms with van der Waals surface area (Å²) in [6, 6.07) is 11.9. The first-order valence-corrected chi connectivity index (χ1v) is 6.76. The highest BCUT2D eigenvalue weighted by molar-refractivity contribution is 7.24. The molecule has 3 rings (SSSR count). The molecule has 1 heterocycles. The minimum atomic E-state index is -1.62. The van der Waals surface area contributed by atoms with E-state index in [-0.39, 0.29) is 11.0 Å². The Kier molecular flexibility index (Phi) is 3.00. The Labute approximate surface area is 117 Å². The van der Waals surface area contributed by atoms with Crippen LogP contribution in [-0.4, -0.2) is 16.2 Å². The number of fused-ring (bicyclic) bond motifs is 2. The maximum absolute atomic E-state index is 12.4. The number of benzene rings is 2. The number of aliphatic hydroxyl groups is 1. The zero-order valence-corrected chi connectivity index (χ0v) is 11.1. The van der Waals surface area contributed by atoms with Gasteiger partial charge in [-0.1, -0.05) is 18.2 Å². The molecule has 4 nitrogen and oxygen atoms in total. The molecule has 0 aliphatic carbocycles. The van der Waals surface area contributed by atoms with Crippen molar-refractivity contribution in [3.63, 3.8) is 0 Å². The lowest BCUT2D eigenvalue weighted by molar-refractivity contribution is -0.146. The molecule has 1 unspecified atom stereocenters. The third-order valence-corrected chi connectivity index (χ3v) is 4.30. The van der Waals surface area contributed by atoms with E-state index >= 15 is 0 Å². The van der Waals surface area contributed by atoms with E-state index in [0.29, 0.717) is 10.8 Å². The summed E-state index contributed by atoms with van der Waals surface area (Å²) in [5.41, 5.74) is 0.0679. The Bertz CT molecular complexity index is 882. The third-order valence-electron chi connectivity index (χ3n) is 3.15. The quantitative estimate of drug-likeness (QED) is 0.710. The summed E-state index contributed by atoms with van der Waals surface area (Å²) >= 11 is 1.47. The number of carbonyl (C=O) groups is 1. The van der Waals surface area contributed by atoms with Crippen LogP contribution in [0, 0.1) is 0 Å². The SMILES string of the molecule is O=C(O)C(O)c1ccc2sc3ccccc3c(=O)c2c1. The zero-order chi connectivity index (χ0) is 14.3. The molecule has 2 N–H and O–H groups in total. The molecule has 3 aromatic rings. The van der Waals surface area contributed by atoms with E-state index < -0.39 is 12.1 Å². The first-order valence-electron chi connectivity index (χ1n) is 5.94. The van der Waals surface area contributed by atoms with Crippen molar-refractivity contribution in [3.8, 4) is 0 Å². The topological polar surface area (TPSA) is 74.6 Å². The molecule has 0 saturated heterocycles. The fourth-order valence-corrected chi connectivity index (χ4v) is 3.19. The highest BCUT2D eigenvalue weighted by Gasteiger charge is 2.17. The lowest BCUT2D eigenvalue weighted by Gasteiger charge is -2.07. The molecule has 0 amide bonds. The molecule has 0 spiro atoms. The van der Waals surface area contributed by atoms with Crippen LogP contribution in [0.2, 0.25) is 0 Å². The van der Waals surface area contributed by atoms with Crippen LogP contribution in [0.3, 0.4) is 0 Å². The van der Waals surface area contributed by atoms with Crippen molar-refractivity contribution in [3.05, 3.63) is 58.3 Å². The number of aliphatic hydroxyl groups excluding tert-OH is 1. The van der Waals surface area contributed by atoms with Crippen LogP contribution in [0.5, 0.6) is 0 Å². The van der Waals surface area contributed by atoms with Gasteiger partial charge in [0.05, 0.1) is 0 Å². The van der Waals surface area contributed by atoms with Crippen LogP contribution in [0.4, 0.5) is 0 Å². The predicted octanol–water partition coefficient (Wildman–Crippen LogP) is 2.53. The number of aliphatic carboxylic acids is 1. The van der Waals surface area contributed by atoms with Crippen LogP contribution in [-0.2, 0) is 4.79 Å². The summed E-state index contributed by atoms with van der Waals surface area (Å²) in [7, 11) is 0. The van der Waals surface area contributed by atoms with Gasteiger partial charge in [0.1, 0.15) is 0 Å². The average Bonchev–Trinajstić information content (AvgIpc) is 2.46. The molecule has 0 bridgehead atoms. The van der Waals surface area contributed by atoms with Crippen LogP contribution in [0.25, 0.3) is 20.2 Å². The van der Waals surface area contributed by atoms with Crippen molar-refractivity contribution in [2.45, 2.75) is 6.10 Å². The summed E-state index contributed by atoms with van der Waals surface area (Å²) < 4.78 is 1.66. The van der Waals surface area contributed by atoms with Gasteiger partial charge in [-0.15, -0.1) is 11.3 Å². The number of carboxylic acid groups (broad SMARTS) is 1. The van der Waals surface area contributed by atoms with E-state index in [2.05, 4.69) is 0 Å². The van der Waals surface area contributed by atoms with Gasteiger partial charge in [-0.3, -0.25) is 4.79 Å². The molecular formula is C15H10O4S. The van der Waals surface area contributed by atoms with E-state index in [9.17, 15) is 14.7 Å². The lowest BCUT2D eigenvalue weighted by atomic mass is 10.1. The molecule has 20 heavy (non-hydrogen) atoms. The van der Waals surface area contributed by atoms with Gasteiger partial charge in [-0.05, 0) is 29.8 Å². The largest absolute Gasteiger partial charge is 0.479 e. The molecule has 2 aromatic carbocycles. The average molecular weight is 286 g/mol. The van der Waals surface area contributed by atoms with Crippen LogP contribution < -0.4 is 5.43 Å². The summed E-state index contributed by atoms with van der Waals surface area (Å²) in [5, 5.41) is 19.4. The molecule has 0 aliphatic rings. The minimum absolute atomic E-state index is 0.145. The first kappa shape index (κ1) is 12.8. The number of hydrogen-bond donors (Lipinski definition) is 2. The third kappa shape index (κ3) is 1.97. The molecule has 5 heteroatoms. The van der Waals surface area contributed by atoms with E-state index in [1.54, 1.807) is 18.2 Å². The van der Waals surface area contributed by atoms with Gasteiger partial charge in [0.25, 0.3) is 0 Å². The van der Waals surface area contributed by atoms with Crippen molar-refractivity contribution in [2.75, 3.05) is 0 Å². The summed E-state index contributed by atoms with van der Waals surface area (Å²) in [6.07, 6.45) is -1.62. The Hall–Kier alpha value is -2.24. The van der Waals surface area contributed by atoms with Crippen molar-refractivity contribution >= 4 is 37.5 Å². The first-order chi connectivity index (χ1) is 9.58. The van der Waals surface area contributed by atoms with Gasteiger partial charge in [-0.2, -0.15) is 0 Å². The fourth-order valence-electron chi connectivity index (χ4n) is 2.13. The molecule has 1 aromatic heterocycles. The Morgan fingerprint density at radius 1 is 1.05 bits per heavy atom. The second-order valence-corrected chi connectivity index (χ2v) is 5.51. The second-order valence-electron chi connectivity index (χ2n) is 4.42. The molecule has 0 fully saturated rings. The number of rotatable bonds is 2. The van der Waals surface area contributed by atoms with Gasteiger partial charge in [-0.25, -0.2) is 4.79 Å². The number of carboxylic acids is 1. The molecule has 0 saturated carbocycles. The highest BCUT2D eigenvalue weighted by atomic mass is 32.1. The van der Waals surface area contributed by atoms with E-state index in [0.717, 1.165) is 9.40 Å². The minimum Gasteiger partial charge on any atom is -0.479 e. The Balaban J connectivity index is 2.34. The molecule has 0 aliphatic heterocycles. The molecule has 1 atom stereocenters.